The number of amides is 1. The Kier molecular flexibility index (Phi) is 4.87. The number of anilines is 1. The summed E-state index contributed by atoms with van der Waals surface area (Å²) < 4.78 is 7.00. The molecule has 1 aromatic heterocycles. The highest BCUT2D eigenvalue weighted by molar-refractivity contribution is 6.32. The van der Waals surface area contributed by atoms with Gasteiger partial charge in [-0.05, 0) is 35.9 Å². The molecule has 4 nitrogen and oxygen atoms in total. The number of nitrogens with one attached hydrogen (secondary N) is 1. The van der Waals surface area contributed by atoms with Crippen LogP contribution >= 0.6 is 11.6 Å². The molecule has 0 spiro atoms. The third-order valence-electron chi connectivity index (χ3n) is 3.71. The van der Waals surface area contributed by atoms with E-state index in [0.717, 1.165) is 5.56 Å². The second-order valence-corrected chi connectivity index (χ2v) is 5.69. The van der Waals surface area contributed by atoms with E-state index in [1.54, 1.807) is 25.3 Å². The number of halogens is 1. The SMILES string of the molecule is COc1ccc(NC(=O)[C@H](c2ccccc2)n2cccc2)cc1Cl. The maximum Gasteiger partial charge on any atom is 0.252 e. The molecule has 0 saturated heterocycles. The number of ether oxygens (including phenoxy) is 1. The van der Waals surface area contributed by atoms with Crippen molar-refractivity contribution < 1.29 is 9.53 Å². The van der Waals surface area contributed by atoms with E-state index in [0.29, 0.717) is 16.5 Å². The Labute approximate surface area is 145 Å². The first-order valence-corrected chi connectivity index (χ1v) is 7.88. The molecule has 122 valence electrons. The smallest absolute Gasteiger partial charge is 0.252 e. The molecule has 0 bridgehead atoms. The molecule has 1 heterocycles. The van der Waals surface area contributed by atoms with Gasteiger partial charge < -0.3 is 14.6 Å². The fourth-order valence-corrected chi connectivity index (χ4v) is 2.83. The number of carbonyl (C=O) groups is 1. The lowest BCUT2D eigenvalue weighted by Gasteiger charge is -2.19. The fourth-order valence-electron chi connectivity index (χ4n) is 2.57. The zero-order valence-corrected chi connectivity index (χ0v) is 13.9. The Morgan fingerprint density at radius 1 is 1.08 bits per heavy atom. The van der Waals surface area contributed by atoms with Crippen molar-refractivity contribution in [3.05, 3.63) is 83.6 Å². The van der Waals surface area contributed by atoms with Gasteiger partial charge in [-0.15, -0.1) is 0 Å². The highest BCUT2D eigenvalue weighted by Crippen LogP contribution is 2.28. The molecule has 3 aromatic rings. The van der Waals surface area contributed by atoms with Crippen molar-refractivity contribution in [2.45, 2.75) is 6.04 Å². The normalized spacial score (nSPS) is 11.8. The molecule has 0 fully saturated rings. The summed E-state index contributed by atoms with van der Waals surface area (Å²) in [7, 11) is 1.55. The summed E-state index contributed by atoms with van der Waals surface area (Å²) in [6.45, 7) is 0. The van der Waals surface area contributed by atoms with Gasteiger partial charge in [0.25, 0.3) is 5.91 Å². The third kappa shape index (κ3) is 3.44. The lowest BCUT2D eigenvalue weighted by molar-refractivity contribution is -0.118. The van der Waals surface area contributed by atoms with Gasteiger partial charge in [-0.3, -0.25) is 4.79 Å². The van der Waals surface area contributed by atoms with Crippen molar-refractivity contribution in [2.75, 3.05) is 12.4 Å². The van der Waals surface area contributed by atoms with Gasteiger partial charge in [0.1, 0.15) is 11.8 Å². The Morgan fingerprint density at radius 2 is 1.79 bits per heavy atom. The van der Waals surface area contributed by atoms with E-state index in [1.165, 1.54) is 0 Å². The first-order chi connectivity index (χ1) is 11.7. The van der Waals surface area contributed by atoms with E-state index in [-0.39, 0.29) is 5.91 Å². The lowest BCUT2D eigenvalue weighted by Crippen LogP contribution is -2.26. The van der Waals surface area contributed by atoms with Crippen LogP contribution in [0.4, 0.5) is 5.69 Å². The molecule has 0 unspecified atom stereocenters. The van der Waals surface area contributed by atoms with Crippen LogP contribution in [0.2, 0.25) is 5.02 Å². The van der Waals surface area contributed by atoms with Crippen molar-refractivity contribution >= 4 is 23.2 Å². The van der Waals surface area contributed by atoms with Crippen LogP contribution in [-0.2, 0) is 4.79 Å². The molecular formula is C19H17ClN2O2. The molecule has 0 aliphatic carbocycles. The molecule has 2 aromatic carbocycles. The third-order valence-corrected chi connectivity index (χ3v) is 4.00. The molecule has 0 saturated carbocycles. The van der Waals surface area contributed by atoms with Crippen molar-refractivity contribution in [1.82, 2.24) is 4.57 Å². The highest BCUT2D eigenvalue weighted by Gasteiger charge is 2.22. The van der Waals surface area contributed by atoms with Crippen LogP contribution in [0, 0.1) is 0 Å². The topological polar surface area (TPSA) is 43.3 Å². The first-order valence-electron chi connectivity index (χ1n) is 7.51. The maximum atomic E-state index is 12.9. The van der Waals surface area contributed by atoms with Crippen molar-refractivity contribution in [2.24, 2.45) is 0 Å². The van der Waals surface area contributed by atoms with Gasteiger partial charge in [0, 0.05) is 18.1 Å². The predicted octanol–water partition coefficient (Wildman–Crippen LogP) is 4.38. The molecule has 1 N–H and O–H groups in total. The predicted molar refractivity (Wildman–Crippen MR) is 95.6 cm³/mol. The Morgan fingerprint density at radius 3 is 2.42 bits per heavy atom. The Balaban J connectivity index is 1.88. The molecule has 0 aliphatic heterocycles. The molecule has 24 heavy (non-hydrogen) atoms. The molecule has 5 heteroatoms. The number of rotatable bonds is 5. The second-order valence-electron chi connectivity index (χ2n) is 5.28. The van der Waals surface area contributed by atoms with Crippen LogP contribution in [0.5, 0.6) is 5.75 Å². The zero-order valence-electron chi connectivity index (χ0n) is 13.1. The van der Waals surface area contributed by atoms with Crippen LogP contribution in [-0.4, -0.2) is 17.6 Å². The van der Waals surface area contributed by atoms with E-state index >= 15 is 0 Å². The summed E-state index contributed by atoms with van der Waals surface area (Å²) in [5.41, 5.74) is 1.53. The summed E-state index contributed by atoms with van der Waals surface area (Å²) in [4.78, 5) is 12.9. The van der Waals surface area contributed by atoms with Crippen molar-refractivity contribution in [3.8, 4) is 5.75 Å². The molecule has 0 aliphatic rings. The summed E-state index contributed by atoms with van der Waals surface area (Å²) in [5, 5.41) is 3.37. The number of carbonyl (C=O) groups excluding carboxylic acids is 1. The van der Waals surface area contributed by atoms with E-state index in [4.69, 9.17) is 16.3 Å². The van der Waals surface area contributed by atoms with E-state index in [2.05, 4.69) is 5.32 Å². The first kappa shape index (κ1) is 16.1. The monoisotopic (exact) mass is 340 g/mol. The van der Waals surface area contributed by atoms with Gasteiger partial charge in [0.2, 0.25) is 0 Å². The number of hydrogen-bond donors (Lipinski definition) is 1. The fraction of sp³-hybridized carbons (Fsp3) is 0.105. The van der Waals surface area contributed by atoms with Crippen molar-refractivity contribution in [3.63, 3.8) is 0 Å². The zero-order chi connectivity index (χ0) is 16.9. The van der Waals surface area contributed by atoms with Gasteiger partial charge in [0.05, 0.1) is 12.1 Å². The molecule has 0 radical (unpaired) electrons. The minimum atomic E-state index is -0.456. The van der Waals surface area contributed by atoms with Crippen LogP contribution < -0.4 is 10.1 Å². The highest BCUT2D eigenvalue weighted by atomic mass is 35.5. The number of aromatic nitrogens is 1. The minimum absolute atomic E-state index is 0.140. The van der Waals surface area contributed by atoms with Gasteiger partial charge in [0.15, 0.2) is 0 Å². The van der Waals surface area contributed by atoms with E-state index < -0.39 is 6.04 Å². The molecule has 1 amide bonds. The van der Waals surface area contributed by atoms with Crippen molar-refractivity contribution in [1.29, 1.82) is 0 Å². The van der Waals surface area contributed by atoms with Crippen LogP contribution in [0.15, 0.2) is 73.1 Å². The van der Waals surface area contributed by atoms with Crippen LogP contribution in [0.25, 0.3) is 0 Å². The molecular weight excluding hydrogens is 324 g/mol. The summed E-state index contributed by atoms with van der Waals surface area (Å²) in [6.07, 6.45) is 3.75. The number of benzene rings is 2. The second kappa shape index (κ2) is 7.23. The van der Waals surface area contributed by atoms with Gasteiger partial charge in [-0.2, -0.15) is 0 Å². The standard InChI is InChI=1S/C19H17ClN2O2/c1-24-17-10-9-15(13-16(17)20)21-19(23)18(22-11-5-6-12-22)14-7-3-2-4-8-14/h2-13,18H,1H3,(H,21,23)/t18-/m0/s1. The average molecular weight is 341 g/mol. The minimum Gasteiger partial charge on any atom is -0.495 e. The lowest BCUT2D eigenvalue weighted by atomic mass is 10.1. The quantitative estimate of drug-likeness (QED) is 0.749. The molecule has 3 rings (SSSR count). The summed E-state index contributed by atoms with van der Waals surface area (Å²) in [5.74, 6) is 0.429. The Hall–Kier alpha value is -2.72. The summed E-state index contributed by atoms with van der Waals surface area (Å²) >= 11 is 6.13. The van der Waals surface area contributed by atoms with Gasteiger partial charge >= 0.3 is 0 Å². The summed E-state index contributed by atoms with van der Waals surface area (Å²) in [6, 6.07) is 18.1. The number of methoxy groups -OCH3 is 1. The van der Waals surface area contributed by atoms with Crippen LogP contribution in [0.3, 0.4) is 0 Å². The van der Waals surface area contributed by atoms with Crippen LogP contribution in [0.1, 0.15) is 11.6 Å². The Bertz CT molecular complexity index is 817. The largest absolute Gasteiger partial charge is 0.495 e. The van der Waals surface area contributed by atoms with E-state index in [1.807, 2.05) is 59.4 Å². The maximum absolute atomic E-state index is 12.9. The molecule has 1 atom stereocenters. The average Bonchev–Trinajstić information content (AvgIpc) is 3.10. The van der Waals surface area contributed by atoms with E-state index in [9.17, 15) is 4.79 Å². The number of nitrogens with zero attached hydrogens (tertiary/aromatic N) is 1. The number of hydrogen-bond acceptors (Lipinski definition) is 2. The van der Waals surface area contributed by atoms with Gasteiger partial charge in [-0.25, -0.2) is 0 Å². The van der Waals surface area contributed by atoms with Gasteiger partial charge in [-0.1, -0.05) is 41.9 Å².